The summed E-state index contributed by atoms with van der Waals surface area (Å²) in [5, 5.41) is 0. The zero-order valence-corrected chi connectivity index (χ0v) is 8.60. The summed E-state index contributed by atoms with van der Waals surface area (Å²) < 4.78 is 10.6. The average molecular weight is 207 g/mol. The molecule has 0 saturated carbocycles. The monoisotopic (exact) mass is 207 g/mol. The van der Waals surface area contributed by atoms with E-state index in [9.17, 15) is 4.79 Å². The van der Waals surface area contributed by atoms with Gasteiger partial charge in [0, 0.05) is 0 Å². The van der Waals surface area contributed by atoms with Gasteiger partial charge in [-0.15, -0.1) is 0 Å². The first kappa shape index (κ1) is 11.3. The zero-order chi connectivity index (χ0) is 10.9. The Hall–Kier alpha value is -1.80. The highest BCUT2D eigenvalue weighted by molar-refractivity contribution is 5.33. The van der Waals surface area contributed by atoms with Crippen LogP contribution in [0, 0.1) is 0 Å². The van der Waals surface area contributed by atoms with E-state index in [0.717, 1.165) is 11.5 Å². The van der Waals surface area contributed by atoms with E-state index in [1.54, 1.807) is 0 Å². The Kier molecular flexibility index (Phi) is 4.98. The van der Waals surface area contributed by atoms with Gasteiger partial charge in [-0.1, -0.05) is 0 Å². The van der Waals surface area contributed by atoms with E-state index in [1.807, 2.05) is 31.2 Å². The van der Waals surface area contributed by atoms with Gasteiger partial charge in [-0.05, 0) is 31.2 Å². The Labute approximate surface area is 88.5 Å². The first-order valence-corrected chi connectivity index (χ1v) is 4.76. The Morgan fingerprint density at radius 2 is 1.80 bits per heavy atom. The number of hydrogen-bond acceptors (Lipinski definition) is 4. The Bertz CT molecular complexity index is 328. The van der Waals surface area contributed by atoms with Crippen molar-refractivity contribution in [1.82, 2.24) is 0 Å². The number of benzene rings is 1. The molecule has 0 saturated heterocycles. The van der Waals surface area contributed by atoms with E-state index in [0.29, 0.717) is 19.8 Å². The molecule has 0 atom stereocenters. The molecule has 4 heteroatoms. The standard InChI is InChI=1S/C11H13NO3/c1-2-14-10-3-5-11(6-4-10)15-8-7-12-9-13/h3-6H,2,7-8H2,1H3. The van der Waals surface area contributed by atoms with E-state index in [1.165, 1.54) is 6.08 Å². The highest BCUT2D eigenvalue weighted by Crippen LogP contribution is 2.17. The van der Waals surface area contributed by atoms with E-state index >= 15 is 0 Å². The van der Waals surface area contributed by atoms with Crippen molar-refractivity contribution in [1.29, 1.82) is 0 Å². The van der Waals surface area contributed by atoms with Crippen LogP contribution >= 0.6 is 0 Å². The number of aliphatic imine (C=N–C) groups is 1. The predicted molar refractivity (Wildman–Crippen MR) is 56.1 cm³/mol. The lowest BCUT2D eigenvalue weighted by molar-refractivity contribution is 0.323. The maximum atomic E-state index is 9.77. The minimum atomic E-state index is 0.330. The molecule has 4 nitrogen and oxygen atoms in total. The third-order valence-corrected chi connectivity index (χ3v) is 1.67. The Morgan fingerprint density at radius 3 is 2.33 bits per heavy atom. The molecule has 15 heavy (non-hydrogen) atoms. The largest absolute Gasteiger partial charge is 0.494 e. The number of nitrogens with zero attached hydrogens (tertiary/aromatic N) is 1. The summed E-state index contributed by atoms with van der Waals surface area (Å²) in [6.07, 6.45) is 1.45. The number of hydrogen-bond donors (Lipinski definition) is 0. The van der Waals surface area contributed by atoms with Crippen LogP contribution in [0.1, 0.15) is 6.92 Å². The zero-order valence-electron chi connectivity index (χ0n) is 8.60. The fourth-order valence-corrected chi connectivity index (χ4v) is 1.05. The summed E-state index contributed by atoms with van der Waals surface area (Å²) in [5.74, 6) is 1.55. The van der Waals surface area contributed by atoms with Crippen molar-refractivity contribution in [2.75, 3.05) is 19.8 Å². The molecular formula is C11H13NO3. The minimum absolute atomic E-state index is 0.330. The second-order valence-electron chi connectivity index (χ2n) is 2.73. The van der Waals surface area contributed by atoms with E-state index in [2.05, 4.69) is 4.99 Å². The number of ether oxygens (including phenoxy) is 2. The average Bonchev–Trinajstić information content (AvgIpc) is 2.27. The summed E-state index contributed by atoms with van der Waals surface area (Å²) in [7, 11) is 0. The van der Waals surface area contributed by atoms with Crippen LogP contribution in [-0.4, -0.2) is 25.8 Å². The van der Waals surface area contributed by atoms with Crippen molar-refractivity contribution in [2.45, 2.75) is 6.92 Å². The van der Waals surface area contributed by atoms with Crippen LogP contribution in [0.4, 0.5) is 0 Å². The fraction of sp³-hybridized carbons (Fsp3) is 0.364. The maximum absolute atomic E-state index is 9.77. The summed E-state index contributed by atoms with van der Waals surface area (Å²) in [4.78, 5) is 13.1. The third-order valence-electron chi connectivity index (χ3n) is 1.67. The molecule has 0 aliphatic rings. The van der Waals surface area contributed by atoms with Gasteiger partial charge >= 0.3 is 0 Å². The van der Waals surface area contributed by atoms with E-state index in [-0.39, 0.29) is 0 Å². The molecule has 0 fully saturated rings. The predicted octanol–water partition coefficient (Wildman–Crippen LogP) is 1.80. The van der Waals surface area contributed by atoms with Gasteiger partial charge in [0.15, 0.2) is 0 Å². The van der Waals surface area contributed by atoms with Crippen LogP contribution in [0.5, 0.6) is 11.5 Å². The number of carbonyl (C=O) groups excluding carboxylic acids is 1. The Balaban J connectivity index is 2.38. The minimum Gasteiger partial charge on any atom is -0.494 e. The van der Waals surface area contributed by atoms with Crippen LogP contribution in [0.15, 0.2) is 29.3 Å². The van der Waals surface area contributed by atoms with Crippen LogP contribution in [0.25, 0.3) is 0 Å². The van der Waals surface area contributed by atoms with Crippen LogP contribution < -0.4 is 9.47 Å². The molecule has 0 bridgehead atoms. The third kappa shape index (κ3) is 4.29. The van der Waals surface area contributed by atoms with Crippen molar-refractivity contribution in [2.24, 2.45) is 4.99 Å². The highest BCUT2D eigenvalue weighted by Gasteiger charge is 1.94. The van der Waals surface area contributed by atoms with Crippen LogP contribution in [0.3, 0.4) is 0 Å². The lowest BCUT2D eigenvalue weighted by atomic mass is 10.3. The van der Waals surface area contributed by atoms with Crippen molar-refractivity contribution < 1.29 is 14.3 Å². The molecule has 0 N–H and O–H groups in total. The first-order valence-electron chi connectivity index (χ1n) is 4.76. The molecule has 0 heterocycles. The second kappa shape index (κ2) is 6.62. The molecule has 0 aliphatic carbocycles. The van der Waals surface area contributed by atoms with Gasteiger partial charge in [0.05, 0.1) is 13.2 Å². The quantitative estimate of drug-likeness (QED) is 0.406. The molecule has 1 aromatic rings. The molecule has 0 unspecified atom stereocenters. The van der Waals surface area contributed by atoms with Crippen molar-refractivity contribution in [3.63, 3.8) is 0 Å². The highest BCUT2D eigenvalue weighted by atomic mass is 16.5. The van der Waals surface area contributed by atoms with Crippen molar-refractivity contribution in [3.05, 3.63) is 24.3 Å². The van der Waals surface area contributed by atoms with Crippen molar-refractivity contribution >= 4 is 6.08 Å². The number of rotatable bonds is 6. The van der Waals surface area contributed by atoms with Gasteiger partial charge < -0.3 is 9.47 Å². The molecule has 0 spiro atoms. The SMILES string of the molecule is CCOc1ccc(OCCN=C=O)cc1. The molecule has 0 radical (unpaired) electrons. The molecular weight excluding hydrogens is 194 g/mol. The lowest BCUT2D eigenvalue weighted by Crippen LogP contribution is -2.00. The van der Waals surface area contributed by atoms with Gasteiger partial charge in [-0.25, -0.2) is 9.79 Å². The van der Waals surface area contributed by atoms with Gasteiger partial charge in [0.1, 0.15) is 18.1 Å². The van der Waals surface area contributed by atoms with Gasteiger partial charge in [0.25, 0.3) is 0 Å². The van der Waals surface area contributed by atoms with E-state index < -0.39 is 0 Å². The second-order valence-corrected chi connectivity index (χ2v) is 2.73. The first-order chi connectivity index (χ1) is 7.36. The molecule has 1 rings (SSSR count). The summed E-state index contributed by atoms with van der Waals surface area (Å²) in [6, 6.07) is 7.30. The summed E-state index contributed by atoms with van der Waals surface area (Å²) in [5.41, 5.74) is 0. The summed E-state index contributed by atoms with van der Waals surface area (Å²) in [6.45, 7) is 3.29. The topological polar surface area (TPSA) is 47.9 Å². The van der Waals surface area contributed by atoms with Crippen LogP contribution in [0.2, 0.25) is 0 Å². The fourth-order valence-electron chi connectivity index (χ4n) is 1.05. The lowest BCUT2D eigenvalue weighted by Gasteiger charge is -2.05. The van der Waals surface area contributed by atoms with Gasteiger partial charge in [-0.3, -0.25) is 0 Å². The molecule has 0 aliphatic heterocycles. The molecule has 80 valence electrons. The normalized spacial score (nSPS) is 9.13. The smallest absolute Gasteiger partial charge is 0.235 e. The summed E-state index contributed by atoms with van der Waals surface area (Å²) >= 11 is 0. The number of isocyanates is 1. The van der Waals surface area contributed by atoms with Gasteiger partial charge in [0.2, 0.25) is 6.08 Å². The van der Waals surface area contributed by atoms with Gasteiger partial charge in [-0.2, -0.15) is 0 Å². The Morgan fingerprint density at radius 1 is 1.20 bits per heavy atom. The van der Waals surface area contributed by atoms with Crippen LogP contribution in [-0.2, 0) is 4.79 Å². The van der Waals surface area contributed by atoms with Crippen molar-refractivity contribution in [3.8, 4) is 11.5 Å². The molecule has 0 aromatic heterocycles. The molecule has 1 aromatic carbocycles. The van der Waals surface area contributed by atoms with E-state index in [4.69, 9.17) is 9.47 Å². The molecule has 0 amide bonds. The maximum Gasteiger partial charge on any atom is 0.235 e.